The van der Waals surface area contributed by atoms with Crippen LogP contribution in [0.15, 0.2) is 48.5 Å². The molecule has 1 heterocycles. The molecule has 26 heavy (non-hydrogen) atoms. The molecule has 6 heteroatoms. The van der Waals surface area contributed by atoms with Crippen molar-refractivity contribution in [2.45, 2.75) is 19.4 Å². The first kappa shape index (κ1) is 17.7. The number of hydrogen-bond acceptors (Lipinski definition) is 4. The average Bonchev–Trinajstić information content (AvgIpc) is 2.99. The van der Waals surface area contributed by atoms with Crippen LogP contribution in [0.5, 0.6) is 0 Å². The van der Waals surface area contributed by atoms with E-state index in [0.717, 1.165) is 5.56 Å². The Hall–Kier alpha value is -3.15. The van der Waals surface area contributed by atoms with Gasteiger partial charge in [0.1, 0.15) is 0 Å². The highest BCUT2D eigenvalue weighted by Gasteiger charge is 2.45. The van der Waals surface area contributed by atoms with E-state index in [0.29, 0.717) is 16.8 Å². The predicted molar refractivity (Wildman–Crippen MR) is 94.9 cm³/mol. The molecule has 1 amide bonds. The van der Waals surface area contributed by atoms with Crippen molar-refractivity contribution in [3.05, 3.63) is 65.2 Å². The molecule has 2 atom stereocenters. The van der Waals surface area contributed by atoms with Gasteiger partial charge in [0.2, 0.25) is 5.91 Å². The Labute approximate surface area is 151 Å². The van der Waals surface area contributed by atoms with Gasteiger partial charge in [-0.2, -0.15) is 0 Å². The Morgan fingerprint density at radius 3 is 2.23 bits per heavy atom. The number of amides is 1. The number of esters is 1. The molecule has 0 bridgehead atoms. The zero-order valence-electron chi connectivity index (χ0n) is 14.5. The van der Waals surface area contributed by atoms with Gasteiger partial charge in [0, 0.05) is 12.1 Å². The summed E-state index contributed by atoms with van der Waals surface area (Å²) in [6.07, 6.45) is -0.0629. The average molecular weight is 353 g/mol. The second-order valence-corrected chi connectivity index (χ2v) is 6.31. The maximum atomic E-state index is 12.6. The molecular weight excluding hydrogens is 334 g/mol. The van der Waals surface area contributed by atoms with Gasteiger partial charge >= 0.3 is 11.9 Å². The van der Waals surface area contributed by atoms with Crippen molar-refractivity contribution < 1.29 is 24.2 Å². The first-order valence-electron chi connectivity index (χ1n) is 8.22. The van der Waals surface area contributed by atoms with Crippen molar-refractivity contribution in [2.75, 3.05) is 12.0 Å². The van der Waals surface area contributed by atoms with Gasteiger partial charge in [0.15, 0.2) is 0 Å². The van der Waals surface area contributed by atoms with Gasteiger partial charge < -0.3 is 14.7 Å². The quantitative estimate of drug-likeness (QED) is 0.855. The number of benzene rings is 2. The fourth-order valence-corrected chi connectivity index (χ4v) is 3.28. The van der Waals surface area contributed by atoms with E-state index in [2.05, 4.69) is 4.74 Å². The number of aliphatic carboxylic acids is 1. The van der Waals surface area contributed by atoms with Crippen LogP contribution in [0.2, 0.25) is 0 Å². The van der Waals surface area contributed by atoms with Crippen molar-refractivity contribution in [3.8, 4) is 0 Å². The first-order valence-corrected chi connectivity index (χ1v) is 8.22. The number of methoxy groups -OCH3 is 1. The number of ether oxygens (including phenoxy) is 1. The summed E-state index contributed by atoms with van der Waals surface area (Å²) < 4.78 is 4.68. The summed E-state index contributed by atoms with van der Waals surface area (Å²) in [5.74, 6) is -2.57. The zero-order valence-corrected chi connectivity index (χ0v) is 14.5. The lowest BCUT2D eigenvalue weighted by Crippen LogP contribution is -2.30. The predicted octanol–water partition coefficient (Wildman–Crippen LogP) is 2.96. The third kappa shape index (κ3) is 3.18. The van der Waals surface area contributed by atoms with Crippen LogP contribution in [-0.4, -0.2) is 30.1 Å². The number of aryl methyl sites for hydroxylation is 1. The van der Waals surface area contributed by atoms with E-state index in [1.54, 1.807) is 24.3 Å². The largest absolute Gasteiger partial charge is 0.481 e. The topological polar surface area (TPSA) is 83.9 Å². The smallest absolute Gasteiger partial charge is 0.337 e. The van der Waals surface area contributed by atoms with Crippen LogP contribution in [0, 0.1) is 12.8 Å². The highest BCUT2D eigenvalue weighted by molar-refractivity contribution is 6.00. The third-order valence-electron chi connectivity index (χ3n) is 4.63. The maximum Gasteiger partial charge on any atom is 0.337 e. The fraction of sp³-hybridized carbons (Fsp3) is 0.250. The summed E-state index contributed by atoms with van der Waals surface area (Å²) in [4.78, 5) is 37.4. The Bertz CT molecular complexity index is 842. The molecule has 2 aromatic carbocycles. The number of carbonyl (C=O) groups excluding carboxylic acids is 2. The van der Waals surface area contributed by atoms with Crippen molar-refractivity contribution >= 4 is 23.5 Å². The summed E-state index contributed by atoms with van der Waals surface area (Å²) >= 11 is 0. The van der Waals surface area contributed by atoms with Crippen LogP contribution in [-0.2, 0) is 14.3 Å². The summed E-state index contributed by atoms with van der Waals surface area (Å²) in [6, 6.07) is 13.3. The standard InChI is InChI=1S/C20H19NO5/c1-12-3-9-15(10-4-12)21-17(22)11-16(19(23)24)18(21)13-5-7-14(8-6-13)20(25)26-2/h3-10,16,18H,11H2,1-2H3,(H,23,24)/t16-,18+/m0/s1. The normalized spacial score (nSPS) is 19.5. The second kappa shape index (κ2) is 7.00. The Morgan fingerprint density at radius 2 is 1.69 bits per heavy atom. The Morgan fingerprint density at radius 1 is 1.08 bits per heavy atom. The van der Waals surface area contributed by atoms with E-state index in [4.69, 9.17) is 0 Å². The van der Waals surface area contributed by atoms with Gasteiger partial charge in [-0.15, -0.1) is 0 Å². The molecular formula is C20H19NO5. The summed E-state index contributed by atoms with van der Waals surface area (Å²) in [5, 5.41) is 9.60. The van der Waals surface area contributed by atoms with E-state index in [1.807, 2.05) is 31.2 Å². The molecule has 2 aromatic rings. The molecule has 1 aliphatic rings. The first-order chi connectivity index (χ1) is 12.4. The molecule has 1 N–H and O–H groups in total. The second-order valence-electron chi connectivity index (χ2n) is 6.31. The van der Waals surface area contributed by atoms with Gasteiger partial charge in [-0.05, 0) is 36.8 Å². The fourth-order valence-electron chi connectivity index (χ4n) is 3.28. The number of carboxylic acid groups (broad SMARTS) is 1. The lowest BCUT2D eigenvalue weighted by molar-refractivity contribution is -0.142. The highest BCUT2D eigenvalue weighted by Crippen LogP contribution is 2.41. The van der Waals surface area contributed by atoms with Crippen LogP contribution in [0.25, 0.3) is 0 Å². The van der Waals surface area contributed by atoms with Gasteiger partial charge in [0.25, 0.3) is 0 Å². The minimum atomic E-state index is -1.02. The molecule has 0 aromatic heterocycles. The minimum Gasteiger partial charge on any atom is -0.481 e. The molecule has 0 unspecified atom stereocenters. The highest BCUT2D eigenvalue weighted by atomic mass is 16.5. The molecule has 6 nitrogen and oxygen atoms in total. The Kier molecular flexibility index (Phi) is 4.75. The lowest BCUT2D eigenvalue weighted by atomic mass is 9.93. The van der Waals surface area contributed by atoms with Gasteiger partial charge in [-0.3, -0.25) is 9.59 Å². The number of anilines is 1. The van der Waals surface area contributed by atoms with Crippen molar-refractivity contribution in [1.29, 1.82) is 0 Å². The van der Waals surface area contributed by atoms with Gasteiger partial charge in [0.05, 0.1) is 24.6 Å². The number of nitrogens with zero attached hydrogens (tertiary/aromatic N) is 1. The molecule has 0 aliphatic carbocycles. The summed E-state index contributed by atoms with van der Waals surface area (Å²) in [7, 11) is 1.30. The van der Waals surface area contributed by atoms with E-state index in [-0.39, 0.29) is 12.3 Å². The molecule has 134 valence electrons. The Balaban J connectivity index is 2.03. The van der Waals surface area contributed by atoms with Crippen LogP contribution in [0.1, 0.15) is 33.9 Å². The molecule has 0 spiro atoms. The van der Waals surface area contributed by atoms with E-state index < -0.39 is 23.9 Å². The monoisotopic (exact) mass is 353 g/mol. The van der Waals surface area contributed by atoms with Crippen LogP contribution >= 0.6 is 0 Å². The molecule has 1 aliphatic heterocycles. The molecule has 0 saturated carbocycles. The summed E-state index contributed by atoms with van der Waals surface area (Å²) in [6.45, 7) is 1.94. The maximum absolute atomic E-state index is 12.6. The van der Waals surface area contributed by atoms with E-state index in [9.17, 15) is 19.5 Å². The van der Waals surface area contributed by atoms with Crippen molar-refractivity contribution in [3.63, 3.8) is 0 Å². The lowest BCUT2D eigenvalue weighted by Gasteiger charge is -2.27. The van der Waals surface area contributed by atoms with E-state index in [1.165, 1.54) is 12.0 Å². The van der Waals surface area contributed by atoms with E-state index >= 15 is 0 Å². The molecule has 3 rings (SSSR count). The third-order valence-corrected chi connectivity index (χ3v) is 4.63. The molecule has 1 fully saturated rings. The van der Waals surface area contributed by atoms with Gasteiger partial charge in [-0.25, -0.2) is 4.79 Å². The number of carbonyl (C=O) groups is 3. The number of hydrogen-bond donors (Lipinski definition) is 1. The van der Waals surface area contributed by atoms with Crippen molar-refractivity contribution in [1.82, 2.24) is 0 Å². The number of rotatable bonds is 4. The van der Waals surface area contributed by atoms with Crippen LogP contribution < -0.4 is 4.90 Å². The summed E-state index contributed by atoms with van der Waals surface area (Å²) in [5.41, 5.74) is 2.74. The van der Waals surface area contributed by atoms with Crippen LogP contribution in [0.3, 0.4) is 0 Å². The minimum absolute atomic E-state index is 0.0629. The number of carboxylic acids is 1. The molecule has 0 radical (unpaired) electrons. The zero-order chi connectivity index (χ0) is 18.8. The van der Waals surface area contributed by atoms with Crippen LogP contribution in [0.4, 0.5) is 5.69 Å². The SMILES string of the molecule is COC(=O)c1ccc([C@@H]2[C@@H](C(=O)O)CC(=O)N2c2ccc(C)cc2)cc1. The van der Waals surface area contributed by atoms with Crippen molar-refractivity contribution in [2.24, 2.45) is 5.92 Å². The molecule has 1 saturated heterocycles. The van der Waals surface area contributed by atoms with Gasteiger partial charge in [-0.1, -0.05) is 29.8 Å².